The highest BCUT2D eigenvalue weighted by atomic mass is 32.2. The first-order chi connectivity index (χ1) is 10.1. The number of aromatic nitrogens is 2. The van der Waals surface area contributed by atoms with Gasteiger partial charge >= 0.3 is 5.97 Å². The lowest BCUT2D eigenvalue weighted by molar-refractivity contribution is 0.0685. The Hall–Kier alpha value is -2.41. The number of carboxylic acid groups (broad SMARTS) is 1. The van der Waals surface area contributed by atoms with Crippen molar-refractivity contribution in [2.45, 2.75) is 9.92 Å². The average Bonchev–Trinajstić information content (AvgIpc) is 2.80. The van der Waals surface area contributed by atoms with Crippen LogP contribution in [-0.2, 0) is 0 Å². The molecule has 21 heavy (non-hydrogen) atoms. The van der Waals surface area contributed by atoms with Crippen LogP contribution in [0, 0.1) is 11.6 Å². The number of hydrogen-bond donors (Lipinski definition) is 1. The Labute approximate surface area is 122 Å². The zero-order valence-electron chi connectivity index (χ0n) is 10.5. The number of aromatic carboxylic acids is 1. The van der Waals surface area contributed by atoms with E-state index in [-0.39, 0.29) is 15.6 Å². The number of fused-ring (bicyclic) bond motifs is 1. The van der Waals surface area contributed by atoms with Crippen LogP contribution < -0.4 is 0 Å². The highest BCUT2D eigenvalue weighted by Gasteiger charge is 2.20. The maximum atomic E-state index is 13.7. The maximum Gasteiger partial charge on any atom is 0.355 e. The van der Waals surface area contributed by atoms with Gasteiger partial charge in [0.1, 0.15) is 22.3 Å². The fraction of sp³-hybridized carbons (Fsp3) is 0. The first kappa shape index (κ1) is 13.6. The second-order valence-electron chi connectivity index (χ2n) is 4.18. The summed E-state index contributed by atoms with van der Waals surface area (Å²) in [5.74, 6) is -2.41. The molecule has 106 valence electrons. The van der Waals surface area contributed by atoms with Crippen LogP contribution in [-0.4, -0.2) is 20.5 Å². The quantitative estimate of drug-likeness (QED) is 0.805. The average molecular weight is 306 g/mol. The molecule has 1 N–H and O–H groups in total. The third-order valence-electron chi connectivity index (χ3n) is 2.80. The second-order valence-corrected chi connectivity index (χ2v) is 5.21. The van der Waals surface area contributed by atoms with Crippen LogP contribution in [0.1, 0.15) is 10.5 Å². The largest absolute Gasteiger partial charge is 0.476 e. The normalized spacial score (nSPS) is 11.0. The van der Waals surface area contributed by atoms with Crippen LogP contribution in [0.5, 0.6) is 0 Å². The van der Waals surface area contributed by atoms with Crippen molar-refractivity contribution in [3.8, 4) is 0 Å². The molecule has 0 aliphatic rings. The third-order valence-corrected chi connectivity index (χ3v) is 3.81. The summed E-state index contributed by atoms with van der Waals surface area (Å²) in [6, 6.07) is 8.02. The Bertz CT molecular complexity index is 848. The van der Waals surface area contributed by atoms with Gasteiger partial charge in [-0.3, -0.25) is 4.40 Å². The highest BCUT2D eigenvalue weighted by Crippen LogP contribution is 2.32. The first-order valence-electron chi connectivity index (χ1n) is 5.89. The number of pyridine rings is 1. The van der Waals surface area contributed by atoms with Gasteiger partial charge in [-0.25, -0.2) is 18.6 Å². The van der Waals surface area contributed by atoms with E-state index in [1.54, 1.807) is 24.4 Å². The Morgan fingerprint density at radius 3 is 2.81 bits per heavy atom. The summed E-state index contributed by atoms with van der Waals surface area (Å²) < 4.78 is 28.3. The lowest BCUT2D eigenvalue weighted by Crippen LogP contribution is -2.02. The zero-order chi connectivity index (χ0) is 15.0. The molecule has 0 radical (unpaired) electrons. The molecule has 0 atom stereocenters. The van der Waals surface area contributed by atoms with Gasteiger partial charge in [0.2, 0.25) is 0 Å². The monoisotopic (exact) mass is 306 g/mol. The van der Waals surface area contributed by atoms with E-state index in [4.69, 9.17) is 0 Å². The minimum absolute atomic E-state index is 0.0130. The molecule has 3 aromatic rings. The summed E-state index contributed by atoms with van der Waals surface area (Å²) in [7, 11) is 0. The third kappa shape index (κ3) is 2.47. The van der Waals surface area contributed by atoms with Crippen molar-refractivity contribution in [1.82, 2.24) is 9.38 Å². The fourth-order valence-corrected chi connectivity index (χ4v) is 2.87. The Balaban J connectivity index is 2.14. The van der Waals surface area contributed by atoms with Crippen molar-refractivity contribution >= 4 is 23.4 Å². The van der Waals surface area contributed by atoms with Crippen molar-refractivity contribution in [3.05, 3.63) is 59.9 Å². The number of hydrogen-bond acceptors (Lipinski definition) is 3. The predicted molar refractivity (Wildman–Crippen MR) is 72.6 cm³/mol. The summed E-state index contributed by atoms with van der Waals surface area (Å²) in [4.78, 5) is 15.5. The number of nitrogens with zero attached hydrogens (tertiary/aromatic N) is 2. The number of benzene rings is 1. The van der Waals surface area contributed by atoms with Gasteiger partial charge in [-0.2, -0.15) is 0 Å². The smallest absolute Gasteiger partial charge is 0.355 e. The molecular weight excluding hydrogens is 298 g/mol. The SMILES string of the molecule is O=C(O)c1c(Sc2cc(F)ccc2F)nc2ccccn12. The fourth-order valence-electron chi connectivity index (χ4n) is 1.90. The lowest BCUT2D eigenvalue weighted by Gasteiger charge is -2.02. The van der Waals surface area contributed by atoms with Crippen LogP contribution in [0.3, 0.4) is 0 Å². The lowest BCUT2D eigenvalue weighted by atomic mass is 10.3. The van der Waals surface area contributed by atoms with E-state index in [2.05, 4.69) is 4.98 Å². The molecule has 0 saturated carbocycles. The van der Waals surface area contributed by atoms with Gasteiger partial charge in [0.05, 0.1) is 4.90 Å². The van der Waals surface area contributed by atoms with E-state index in [1.165, 1.54) is 4.40 Å². The molecule has 2 heterocycles. The number of carbonyl (C=O) groups is 1. The van der Waals surface area contributed by atoms with Crippen LogP contribution in [0.25, 0.3) is 5.65 Å². The first-order valence-corrected chi connectivity index (χ1v) is 6.71. The summed E-state index contributed by atoms with van der Waals surface area (Å²) in [5, 5.41) is 9.42. The number of halogens is 2. The Morgan fingerprint density at radius 1 is 1.24 bits per heavy atom. The van der Waals surface area contributed by atoms with Gasteiger partial charge in [0, 0.05) is 6.20 Å². The van der Waals surface area contributed by atoms with E-state index in [9.17, 15) is 18.7 Å². The van der Waals surface area contributed by atoms with Gasteiger partial charge in [0.15, 0.2) is 5.69 Å². The van der Waals surface area contributed by atoms with Gasteiger partial charge < -0.3 is 5.11 Å². The highest BCUT2D eigenvalue weighted by molar-refractivity contribution is 7.99. The van der Waals surface area contributed by atoms with Gasteiger partial charge in [-0.1, -0.05) is 17.8 Å². The molecule has 0 fully saturated rings. The molecule has 0 aliphatic carbocycles. The molecule has 2 aromatic heterocycles. The summed E-state index contributed by atoms with van der Waals surface area (Å²) in [5.41, 5.74) is 0.341. The van der Waals surface area contributed by atoms with E-state index < -0.39 is 17.6 Å². The second kappa shape index (κ2) is 5.17. The topological polar surface area (TPSA) is 54.6 Å². The molecule has 7 heteroatoms. The Kier molecular flexibility index (Phi) is 3.34. The van der Waals surface area contributed by atoms with Gasteiger partial charge in [-0.05, 0) is 30.3 Å². The molecular formula is C14H8F2N2O2S. The van der Waals surface area contributed by atoms with E-state index >= 15 is 0 Å². The summed E-state index contributed by atoms with van der Waals surface area (Å²) in [6.45, 7) is 0. The molecule has 0 spiro atoms. The van der Waals surface area contributed by atoms with Crippen molar-refractivity contribution in [2.24, 2.45) is 0 Å². The molecule has 0 unspecified atom stereocenters. The summed E-state index contributed by atoms with van der Waals surface area (Å²) >= 11 is 0.781. The van der Waals surface area contributed by atoms with Crippen LogP contribution in [0.2, 0.25) is 0 Å². The minimum Gasteiger partial charge on any atom is -0.476 e. The van der Waals surface area contributed by atoms with E-state index in [1.807, 2.05) is 0 Å². The van der Waals surface area contributed by atoms with Crippen molar-refractivity contribution in [3.63, 3.8) is 0 Å². The Morgan fingerprint density at radius 2 is 2.05 bits per heavy atom. The number of carboxylic acids is 1. The van der Waals surface area contributed by atoms with Gasteiger partial charge in [-0.15, -0.1) is 0 Å². The van der Waals surface area contributed by atoms with Crippen LogP contribution >= 0.6 is 11.8 Å². The molecule has 0 aliphatic heterocycles. The summed E-state index contributed by atoms with van der Waals surface area (Å²) in [6.07, 6.45) is 1.55. The van der Waals surface area contributed by atoms with Crippen LogP contribution in [0.15, 0.2) is 52.5 Å². The van der Waals surface area contributed by atoms with Gasteiger partial charge in [0.25, 0.3) is 0 Å². The van der Waals surface area contributed by atoms with Crippen LogP contribution in [0.4, 0.5) is 8.78 Å². The number of imidazole rings is 1. The molecule has 4 nitrogen and oxygen atoms in total. The standard InChI is InChI=1S/C14H8F2N2O2S/c15-8-4-5-9(16)10(7-8)21-13-12(14(19)20)18-6-2-1-3-11(18)17-13/h1-7H,(H,19,20). The maximum absolute atomic E-state index is 13.7. The van der Waals surface area contributed by atoms with E-state index in [0.29, 0.717) is 5.65 Å². The molecule has 0 saturated heterocycles. The molecule has 0 amide bonds. The number of rotatable bonds is 3. The molecule has 3 rings (SSSR count). The van der Waals surface area contributed by atoms with E-state index in [0.717, 1.165) is 30.0 Å². The molecule has 0 bridgehead atoms. The van der Waals surface area contributed by atoms with Crippen molar-refractivity contribution in [2.75, 3.05) is 0 Å². The molecule has 1 aromatic carbocycles. The zero-order valence-corrected chi connectivity index (χ0v) is 11.3. The minimum atomic E-state index is -1.19. The predicted octanol–water partition coefficient (Wildman–Crippen LogP) is 3.46. The van der Waals surface area contributed by atoms with Crippen molar-refractivity contribution in [1.29, 1.82) is 0 Å². The van der Waals surface area contributed by atoms with Crippen molar-refractivity contribution < 1.29 is 18.7 Å².